The van der Waals surface area contributed by atoms with Gasteiger partial charge in [-0.05, 0) is 34.7 Å². The van der Waals surface area contributed by atoms with E-state index in [1.165, 1.54) is 5.56 Å². The molecule has 1 aromatic rings. The Morgan fingerprint density at radius 1 is 1.63 bits per heavy atom. The molecule has 0 bridgehead atoms. The monoisotopic (exact) mass is 281 g/mol. The van der Waals surface area contributed by atoms with E-state index in [0.717, 1.165) is 6.42 Å². The van der Waals surface area contributed by atoms with Gasteiger partial charge in [0.05, 0.1) is 19.3 Å². The zero-order chi connectivity index (χ0) is 13.2. The first-order valence-corrected chi connectivity index (χ1v) is 7.65. The Labute approximate surface area is 117 Å². The molecule has 4 nitrogen and oxygen atoms in total. The molecule has 3 atom stereocenters. The minimum Gasteiger partial charge on any atom is -0.382 e. The van der Waals surface area contributed by atoms with E-state index in [2.05, 4.69) is 16.8 Å². The minimum atomic E-state index is 0.0287. The maximum atomic E-state index is 12.4. The van der Waals surface area contributed by atoms with E-state index in [1.54, 1.807) is 18.4 Å². The van der Waals surface area contributed by atoms with Crippen molar-refractivity contribution in [1.82, 2.24) is 4.90 Å². The predicted molar refractivity (Wildman–Crippen MR) is 73.4 cm³/mol. The lowest BCUT2D eigenvalue weighted by Gasteiger charge is -2.32. The average molecular weight is 281 g/mol. The zero-order valence-electron chi connectivity index (χ0n) is 11.1. The Morgan fingerprint density at radius 3 is 3.26 bits per heavy atom. The standard InChI is InChI=1S/C14H19NO3S/c1-17-8-11-7-15(3-4-18-11)14(16)13-6-12(13)10-2-5-19-9-10/h2,5,9,11-13H,3-4,6-8H2,1H3/t11?,12-,13+/m0/s1. The van der Waals surface area contributed by atoms with Crippen LogP contribution in [0.1, 0.15) is 17.9 Å². The van der Waals surface area contributed by atoms with Gasteiger partial charge in [0.2, 0.25) is 5.91 Å². The second kappa shape index (κ2) is 5.61. The lowest BCUT2D eigenvalue weighted by Crippen LogP contribution is -2.47. The van der Waals surface area contributed by atoms with Crippen LogP contribution in [-0.2, 0) is 14.3 Å². The lowest BCUT2D eigenvalue weighted by atomic mass is 10.1. The summed E-state index contributed by atoms with van der Waals surface area (Å²) in [5, 5.41) is 4.24. The van der Waals surface area contributed by atoms with Crippen molar-refractivity contribution in [3.05, 3.63) is 22.4 Å². The second-order valence-corrected chi connectivity index (χ2v) is 6.02. The van der Waals surface area contributed by atoms with E-state index in [0.29, 0.717) is 38.1 Å². The smallest absolute Gasteiger partial charge is 0.226 e. The van der Waals surface area contributed by atoms with Crippen LogP contribution in [0, 0.1) is 5.92 Å². The highest BCUT2D eigenvalue weighted by molar-refractivity contribution is 7.08. The van der Waals surface area contributed by atoms with Crippen LogP contribution < -0.4 is 0 Å². The van der Waals surface area contributed by atoms with Gasteiger partial charge in [-0.2, -0.15) is 11.3 Å². The van der Waals surface area contributed by atoms with Crippen molar-refractivity contribution in [2.75, 3.05) is 33.4 Å². The highest BCUT2D eigenvalue weighted by Crippen LogP contribution is 2.49. The molecule has 1 saturated carbocycles. The van der Waals surface area contributed by atoms with Crippen LogP contribution in [0.3, 0.4) is 0 Å². The quantitative estimate of drug-likeness (QED) is 0.843. The summed E-state index contributed by atoms with van der Waals surface area (Å²) in [6.45, 7) is 2.56. The maximum Gasteiger partial charge on any atom is 0.226 e. The molecule has 1 saturated heterocycles. The predicted octanol–water partition coefficient (Wildman–Crippen LogP) is 1.73. The van der Waals surface area contributed by atoms with E-state index in [-0.39, 0.29) is 12.0 Å². The van der Waals surface area contributed by atoms with Gasteiger partial charge in [0.1, 0.15) is 0 Å². The van der Waals surface area contributed by atoms with Gasteiger partial charge < -0.3 is 14.4 Å². The van der Waals surface area contributed by atoms with Crippen LogP contribution in [0.25, 0.3) is 0 Å². The van der Waals surface area contributed by atoms with Gasteiger partial charge >= 0.3 is 0 Å². The van der Waals surface area contributed by atoms with Crippen LogP contribution in [0.4, 0.5) is 0 Å². The third-order valence-corrected chi connectivity index (χ3v) is 4.58. The largest absolute Gasteiger partial charge is 0.382 e. The van der Waals surface area contributed by atoms with E-state index < -0.39 is 0 Å². The number of hydrogen-bond acceptors (Lipinski definition) is 4. The Hall–Kier alpha value is -0.910. The van der Waals surface area contributed by atoms with Crippen molar-refractivity contribution in [2.24, 2.45) is 5.92 Å². The van der Waals surface area contributed by atoms with Gasteiger partial charge in [-0.25, -0.2) is 0 Å². The highest BCUT2D eigenvalue weighted by Gasteiger charge is 2.46. The molecule has 0 spiro atoms. The molecule has 2 fully saturated rings. The number of amides is 1. The summed E-state index contributed by atoms with van der Waals surface area (Å²) in [6, 6.07) is 2.13. The summed E-state index contributed by atoms with van der Waals surface area (Å²) in [7, 11) is 1.66. The van der Waals surface area contributed by atoms with Crippen LogP contribution in [-0.4, -0.2) is 50.3 Å². The zero-order valence-corrected chi connectivity index (χ0v) is 11.9. The Kier molecular flexibility index (Phi) is 3.86. The highest BCUT2D eigenvalue weighted by atomic mass is 32.1. The number of rotatable bonds is 4. The second-order valence-electron chi connectivity index (χ2n) is 5.24. The van der Waals surface area contributed by atoms with Crippen molar-refractivity contribution < 1.29 is 14.3 Å². The van der Waals surface area contributed by atoms with Crippen molar-refractivity contribution in [1.29, 1.82) is 0 Å². The Morgan fingerprint density at radius 2 is 2.53 bits per heavy atom. The van der Waals surface area contributed by atoms with Gasteiger partial charge in [0.25, 0.3) is 0 Å². The number of hydrogen-bond donors (Lipinski definition) is 0. The number of thiophene rings is 1. The molecule has 1 amide bonds. The van der Waals surface area contributed by atoms with Gasteiger partial charge in [0.15, 0.2) is 0 Å². The van der Waals surface area contributed by atoms with E-state index in [9.17, 15) is 4.79 Å². The number of ether oxygens (including phenoxy) is 2. The van der Waals surface area contributed by atoms with Crippen LogP contribution in [0.5, 0.6) is 0 Å². The van der Waals surface area contributed by atoms with Crippen molar-refractivity contribution in [3.63, 3.8) is 0 Å². The first-order chi connectivity index (χ1) is 9.29. The normalized spacial score (nSPS) is 30.4. The van der Waals surface area contributed by atoms with Crippen molar-refractivity contribution in [2.45, 2.75) is 18.4 Å². The van der Waals surface area contributed by atoms with Crippen molar-refractivity contribution in [3.8, 4) is 0 Å². The molecule has 19 heavy (non-hydrogen) atoms. The minimum absolute atomic E-state index is 0.0287. The van der Waals surface area contributed by atoms with Gasteiger partial charge in [-0.1, -0.05) is 0 Å². The van der Waals surface area contributed by atoms with Gasteiger partial charge in [0, 0.05) is 26.1 Å². The van der Waals surface area contributed by atoms with Crippen LogP contribution in [0.15, 0.2) is 16.8 Å². The molecule has 1 unspecified atom stereocenters. The molecule has 1 aromatic heterocycles. The van der Waals surface area contributed by atoms with Gasteiger partial charge in [-0.15, -0.1) is 0 Å². The molecule has 1 aliphatic heterocycles. The fourth-order valence-corrected chi connectivity index (χ4v) is 3.49. The number of morpholine rings is 1. The summed E-state index contributed by atoms with van der Waals surface area (Å²) in [4.78, 5) is 14.4. The van der Waals surface area contributed by atoms with Crippen LogP contribution >= 0.6 is 11.3 Å². The van der Waals surface area contributed by atoms with E-state index >= 15 is 0 Å². The lowest BCUT2D eigenvalue weighted by molar-refractivity contribution is -0.142. The average Bonchev–Trinajstić information content (AvgIpc) is 3.04. The Balaban J connectivity index is 1.56. The van der Waals surface area contributed by atoms with Gasteiger partial charge in [-0.3, -0.25) is 4.79 Å². The summed E-state index contributed by atoms with van der Waals surface area (Å²) >= 11 is 1.70. The molecule has 1 aliphatic carbocycles. The topological polar surface area (TPSA) is 38.8 Å². The third kappa shape index (κ3) is 2.83. The number of carbonyl (C=O) groups is 1. The molecule has 0 aromatic carbocycles. The third-order valence-electron chi connectivity index (χ3n) is 3.88. The number of methoxy groups -OCH3 is 1. The number of nitrogens with zero attached hydrogens (tertiary/aromatic N) is 1. The Bertz CT molecular complexity index is 432. The molecule has 0 radical (unpaired) electrons. The SMILES string of the molecule is COCC1CN(C(=O)[C@@H]2C[C@H]2c2ccsc2)CCO1. The fourth-order valence-electron chi connectivity index (χ4n) is 2.76. The summed E-state index contributed by atoms with van der Waals surface area (Å²) < 4.78 is 10.7. The van der Waals surface area contributed by atoms with E-state index in [1.807, 2.05) is 4.90 Å². The molecular weight excluding hydrogens is 262 g/mol. The van der Waals surface area contributed by atoms with Crippen LogP contribution in [0.2, 0.25) is 0 Å². The van der Waals surface area contributed by atoms with E-state index in [4.69, 9.17) is 9.47 Å². The fraction of sp³-hybridized carbons (Fsp3) is 0.643. The molecule has 3 rings (SSSR count). The first-order valence-electron chi connectivity index (χ1n) is 6.71. The molecule has 104 valence electrons. The molecular formula is C14H19NO3S. The molecule has 2 heterocycles. The summed E-state index contributed by atoms with van der Waals surface area (Å²) in [6.07, 6.45) is 1.03. The summed E-state index contributed by atoms with van der Waals surface area (Å²) in [5.74, 6) is 0.930. The van der Waals surface area contributed by atoms with Crippen molar-refractivity contribution >= 4 is 17.2 Å². The first kappa shape index (κ1) is 13.1. The molecule has 2 aliphatic rings. The number of carbonyl (C=O) groups excluding carboxylic acids is 1. The molecule has 5 heteroatoms. The maximum absolute atomic E-state index is 12.4. The summed E-state index contributed by atoms with van der Waals surface area (Å²) in [5.41, 5.74) is 1.32. The molecule has 0 N–H and O–H groups in total.